The SMILES string of the molecule is CN(C)Cc1ccc(-c2cc(-c3nc(Br)cnc3N(C(=O)OC(C)(C)C)C(=O)OC(C)(C)C)on2)cc1. The number of ether oxygens (including phenoxy) is 2. The van der Waals surface area contributed by atoms with Gasteiger partial charge in [0.05, 0.1) is 6.20 Å². The number of aromatic nitrogens is 3. The lowest BCUT2D eigenvalue weighted by molar-refractivity contribution is 0.0429. The van der Waals surface area contributed by atoms with Crippen LogP contribution in [0.4, 0.5) is 15.4 Å². The van der Waals surface area contributed by atoms with E-state index < -0.39 is 23.4 Å². The molecule has 198 valence electrons. The minimum absolute atomic E-state index is 0.106. The van der Waals surface area contributed by atoms with Crippen LogP contribution in [0.2, 0.25) is 0 Å². The number of amides is 2. The molecule has 0 unspecified atom stereocenters. The minimum atomic E-state index is -0.962. The largest absolute Gasteiger partial charge is 0.443 e. The van der Waals surface area contributed by atoms with Crippen LogP contribution >= 0.6 is 15.9 Å². The maximum Gasteiger partial charge on any atom is 0.425 e. The Labute approximate surface area is 225 Å². The van der Waals surface area contributed by atoms with Crippen molar-refractivity contribution in [2.24, 2.45) is 0 Å². The Morgan fingerprint density at radius 1 is 0.973 bits per heavy atom. The summed E-state index contributed by atoms with van der Waals surface area (Å²) >= 11 is 3.30. The standard InChI is InChI=1S/C26H32BrN5O5/c1-25(2,3)35-23(33)32(24(34)36-26(4,5)6)22-21(29-20(27)14-28-22)19-13-18(30-37-19)17-11-9-16(10-12-17)15-31(7)8/h9-14H,15H2,1-8H3. The Morgan fingerprint density at radius 3 is 2.05 bits per heavy atom. The second-order valence-corrected chi connectivity index (χ2v) is 11.5. The molecule has 2 amide bonds. The van der Waals surface area contributed by atoms with E-state index in [-0.39, 0.29) is 17.3 Å². The first-order valence-corrected chi connectivity index (χ1v) is 12.4. The molecule has 0 radical (unpaired) electrons. The summed E-state index contributed by atoms with van der Waals surface area (Å²) in [6.45, 7) is 11.0. The second kappa shape index (κ2) is 11.0. The minimum Gasteiger partial charge on any atom is -0.443 e. The van der Waals surface area contributed by atoms with Crippen LogP contribution in [-0.4, -0.2) is 57.5 Å². The Morgan fingerprint density at radius 2 is 1.54 bits per heavy atom. The molecule has 0 aliphatic rings. The van der Waals surface area contributed by atoms with Gasteiger partial charge in [-0.15, -0.1) is 0 Å². The Hall–Kier alpha value is -3.31. The van der Waals surface area contributed by atoms with Crippen molar-refractivity contribution in [3.63, 3.8) is 0 Å². The summed E-state index contributed by atoms with van der Waals surface area (Å²) in [6, 6.07) is 9.59. The van der Waals surface area contributed by atoms with Crippen molar-refractivity contribution >= 4 is 33.9 Å². The van der Waals surface area contributed by atoms with Gasteiger partial charge in [-0.05, 0) is 77.1 Å². The third kappa shape index (κ3) is 7.83. The van der Waals surface area contributed by atoms with E-state index in [1.54, 1.807) is 47.6 Å². The molecule has 0 saturated carbocycles. The number of nitrogens with zero attached hydrogens (tertiary/aromatic N) is 5. The maximum absolute atomic E-state index is 13.2. The number of carbonyl (C=O) groups is 2. The fraction of sp³-hybridized carbons (Fsp3) is 0.423. The van der Waals surface area contributed by atoms with E-state index in [0.717, 1.165) is 17.7 Å². The van der Waals surface area contributed by atoms with E-state index in [2.05, 4.69) is 36.0 Å². The van der Waals surface area contributed by atoms with E-state index in [9.17, 15) is 9.59 Å². The lowest BCUT2D eigenvalue weighted by Crippen LogP contribution is -2.44. The highest BCUT2D eigenvalue weighted by Gasteiger charge is 2.36. The molecule has 0 fully saturated rings. The summed E-state index contributed by atoms with van der Waals surface area (Å²) in [6.07, 6.45) is -0.562. The molecular weight excluding hydrogens is 542 g/mol. The van der Waals surface area contributed by atoms with Crippen molar-refractivity contribution in [3.05, 3.63) is 46.7 Å². The number of carbonyl (C=O) groups excluding carboxylic acids is 2. The van der Waals surface area contributed by atoms with Crippen LogP contribution in [0.3, 0.4) is 0 Å². The molecule has 0 atom stereocenters. The van der Waals surface area contributed by atoms with Crippen LogP contribution in [0.25, 0.3) is 22.7 Å². The average molecular weight is 574 g/mol. The quantitative estimate of drug-likeness (QED) is 0.347. The molecule has 0 bridgehead atoms. The van der Waals surface area contributed by atoms with Gasteiger partial charge in [0.25, 0.3) is 0 Å². The Bertz CT molecular complexity index is 1230. The predicted octanol–water partition coefficient (Wildman–Crippen LogP) is 6.30. The van der Waals surface area contributed by atoms with Crippen LogP contribution in [0.1, 0.15) is 47.1 Å². The topological polar surface area (TPSA) is 111 Å². The van der Waals surface area contributed by atoms with Crippen LogP contribution in [-0.2, 0) is 16.0 Å². The lowest BCUT2D eigenvalue weighted by Gasteiger charge is -2.28. The molecule has 3 aromatic rings. The van der Waals surface area contributed by atoms with Gasteiger partial charge in [0, 0.05) is 18.2 Å². The number of imide groups is 1. The first-order valence-electron chi connectivity index (χ1n) is 11.6. The molecule has 2 aromatic heterocycles. The van der Waals surface area contributed by atoms with Crippen LogP contribution in [0.5, 0.6) is 0 Å². The number of halogens is 1. The molecular formula is C26H32BrN5O5. The summed E-state index contributed by atoms with van der Waals surface area (Å²) in [5.41, 5.74) is 0.895. The number of rotatable bonds is 5. The highest BCUT2D eigenvalue weighted by molar-refractivity contribution is 9.10. The maximum atomic E-state index is 13.2. The smallest absolute Gasteiger partial charge is 0.425 e. The fourth-order valence-electron chi connectivity index (χ4n) is 3.22. The zero-order valence-electron chi connectivity index (χ0n) is 22.3. The highest BCUT2D eigenvalue weighted by atomic mass is 79.9. The van der Waals surface area contributed by atoms with Gasteiger partial charge in [0.15, 0.2) is 17.3 Å². The summed E-state index contributed by atoms with van der Waals surface area (Å²) < 4.78 is 16.9. The molecule has 0 aliphatic heterocycles. The first-order chi connectivity index (χ1) is 17.1. The molecule has 3 rings (SSSR count). The molecule has 2 heterocycles. The zero-order chi connectivity index (χ0) is 27.5. The van der Waals surface area contributed by atoms with E-state index in [0.29, 0.717) is 15.2 Å². The first kappa shape index (κ1) is 28.3. The van der Waals surface area contributed by atoms with E-state index >= 15 is 0 Å². The summed E-state index contributed by atoms with van der Waals surface area (Å²) in [7, 11) is 4.01. The summed E-state index contributed by atoms with van der Waals surface area (Å²) in [4.78, 5) is 37.9. The van der Waals surface area contributed by atoms with Crippen molar-refractivity contribution in [2.75, 3.05) is 19.0 Å². The third-order valence-electron chi connectivity index (χ3n) is 4.58. The van der Waals surface area contributed by atoms with Crippen molar-refractivity contribution < 1.29 is 23.6 Å². The van der Waals surface area contributed by atoms with E-state index in [1.165, 1.54) is 6.20 Å². The number of benzene rings is 1. The number of anilines is 1. The summed E-state index contributed by atoms with van der Waals surface area (Å²) in [5, 5.41) is 4.17. The molecule has 0 N–H and O–H groups in total. The van der Waals surface area contributed by atoms with Gasteiger partial charge in [0.1, 0.15) is 21.5 Å². The molecule has 0 spiro atoms. The predicted molar refractivity (Wildman–Crippen MR) is 143 cm³/mol. The zero-order valence-corrected chi connectivity index (χ0v) is 23.9. The van der Waals surface area contributed by atoms with Gasteiger partial charge in [-0.3, -0.25) is 0 Å². The Kier molecular flexibility index (Phi) is 8.38. The number of hydrogen-bond acceptors (Lipinski definition) is 9. The van der Waals surface area contributed by atoms with Crippen molar-refractivity contribution in [2.45, 2.75) is 59.3 Å². The molecule has 0 saturated heterocycles. The van der Waals surface area contributed by atoms with Crippen molar-refractivity contribution in [1.29, 1.82) is 0 Å². The normalized spacial score (nSPS) is 11.9. The molecule has 11 heteroatoms. The lowest BCUT2D eigenvalue weighted by atomic mass is 10.1. The van der Waals surface area contributed by atoms with Gasteiger partial charge in [-0.1, -0.05) is 29.4 Å². The third-order valence-corrected chi connectivity index (χ3v) is 4.96. The van der Waals surface area contributed by atoms with Gasteiger partial charge < -0.3 is 18.9 Å². The highest BCUT2D eigenvalue weighted by Crippen LogP contribution is 2.33. The van der Waals surface area contributed by atoms with Gasteiger partial charge in [0.2, 0.25) is 0 Å². The van der Waals surface area contributed by atoms with Gasteiger partial charge >= 0.3 is 12.2 Å². The molecule has 10 nitrogen and oxygen atoms in total. The molecule has 37 heavy (non-hydrogen) atoms. The van der Waals surface area contributed by atoms with E-state index in [1.807, 2.05) is 38.4 Å². The van der Waals surface area contributed by atoms with Crippen LogP contribution < -0.4 is 4.90 Å². The summed E-state index contributed by atoms with van der Waals surface area (Å²) in [5.74, 6) is 0.0871. The Balaban J connectivity index is 2.05. The van der Waals surface area contributed by atoms with E-state index in [4.69, 9.17) is 14.0 Å². The van der Waals surface area contributed by atoms with Crippen molar-refractivity contribution in [1.82, 2.24) is 20.0 Å². The van der Waals surface area contributed by atoms with Gasteiger partial charge in [-0.25, -0.2) is 19.6 Å². The average Bonchev–Trinajstić information content (AvgIpc) is 3.22. The van der Waals surface area contributed by atoms with Crippen molar-refractivity contribution in [3.8, 4) is 22.7 Å². The number of hydrogen-bond donors (Lipinski definition) is 0. The molecule has 0 aliphatic carbocycles. The van der Waals surface area contributed by atoms with Gasteiger partial charge in [-0.2, -0.15) is 4.90 Å². The van der Waals surface area contributed by atoms with Crippen LogP contribution in [0.15, 0.2) is 45.7 Å². The monoisotopic (exact) mass is 573 g/mol. The fourth-order valence-corrected chi connectivity index (χ4v) is 3.50. The molecule has 1 aromatic carbocycles. The second-order valence-electron chi connectivity index (χ2n) is 10.7. The van der Waals surface area contributed by atoms with Crippen LogP contribution in [0, 0.1) is 0 Å².